The molecule has 138 valence electrons. The van der Waals surface area contributed by atoms with Crippen LogP contribution < -0.4 is 10.1 Å². The largest absolute Gasteiger partial charge is 0.497 e. The van der Waals surface area contributed by atoms with E-state index in [2.05, 4.69) is 12.2 Å². The smallest absolute Gasteiger partial charge is 0.337 e. The molecule has 0 saturated carbocycles. The number of hydrogen-bond acceptors (Lipinski definition) is 5. The number of benzene rings is 2. The molecule has 1 N–H and O–H groups in total. The first-order valence-corrected chi connectivity index (χ1v) is 9.00. The average Bonchev–Trinajstić information content (AvgIpc) is 3.14. The molecule has 3 rings (SSSR count). The summed E-state index contributed by atoms with van der Waals surface area (Å²) in [5.41, 5.74) is 1.94. The predicted octanol–water partition coefficient (Wildman–Crippen LogP) is 3.77. The van der Waals surface area contributed by atoms with Gasteiger partial charge < -0.3 is 14.2 Å². The van der Waals surface area contributed by atoms with E-state index in [1.807, 2.05) is 54.6 Å². The molecular formula is C21H25NO4. The summed E-state index contributed by atoms with van der Waals surface area (Å²) >= 11 is 0. The third-order valence-electron chi connectivity index (χ3n) is 4.47. The van der Waals surface area contributed by atoms with E-state index in [1.165, 1.54) is 0 Å². The van der Waals surface area contributed by atoms with Crippen LogP contribution in [0.1, 0.15) is 43.2 Å². The van der Waals surface area contributed by atoms with Gasteiger partial charge in [0.1, 0.15) is 12.0 Å². The fraction of sp³-hybridized carbons (Fsp3) is 0.381. The molecule has 0 aliphatic carbocycles. The Morgan fingerprint density at radius 1 is 1.08 bits per heavy atom. The van der Waals surface area contributed by atoms with Crippen molar-refractivity contribution in [2.45, 2.75) is 38.1 Å². The van der Waals surface area contributed by atoms with E-state index in [1.54, 1.807) is 7.11 Å². The summed E-state index contributed by atoms with van der Waals surface area (Å²) in [6, 6.07) is 17.2. The number of hydrogen-bond donors (Lipinski definition) is 1. The minimum Gasteiger partial charge on any atom is -0.497 e. The van der Waals surface area contributed by atoms with Gasteiger partial charge in [-0.05, 0) is 29.7 Å². The monoisotopic (exact) mass is 355 g/mol. The van der Waals surface area contributed by atoms with Crippen molar-refractivity contribution in [2.75, 3.05) is 13.7 Å². The number of nitrogens with one attached hydrogen (secondary N) is 1. The van der Waals surface area contributed by atoms with Crippen molar-refractivity contribution in [1.82, 2.24) is 5.32 Å². The van der Waals surface area contributed by atoms with Gasteiger partial charge in [0, 0.05) is 0 Å². The molecule has 1 aliphatic rings. The maximum Gasteiger partial charge on any atom is 0.337 e. The van der Waals surface area contributed by atoms with Gasteiger partial charge in [-0.15, -0.1) is 0 Å². The summed E-state index contributed by atoms with van der Waals surface area (Å²) in [5, 5.41) is 3.42. The number of rotatable bonds is 7. The molecule has 1 fully saturated rings. The molecule has 0 spiro atoms. The molecule has 5 heteroatoms. The van der Waals surface area contributed by atoms with E-state index in [9.17, 15) is 4.79 Å². The van der Waals surface area contributed by atoms with Crippen LogP contribution in [0.25, 0.3) is 0 Å². The van der Waals surface area contributed by atoms with Crippen molar-refractivity contribution in [3.8, 4) is 5.75 Å². The van der Waals surface area contributed by atoms with Crippen LogP contribution in [0.4, 0.5) is 0 Å². The lowest BCUT2D eigenvalue weighted by Gasteiger charge is -2.17. The lowest BCUT2D eigenvalue weighted by Crippen LogP contribution is -2.31. The maximum atomic E-state index is 12.6. The predicted molar refractivity (Wildman–Crippen MR) is 98.8 cm³/mol. The first kappa shape index (κ1) is 18.4. The van der Waals surface area contributed by atoms with E-state index in [4.69, 9.17) is 14.2 Å². The average molecular weight is 355 g/mol. The Bertz CT molecular complexity index is 702. The number of esters is 1. The third-order valence-corrected chi connectivity index (χ3v) is 4.47. The van der Waals surface area contributed by atoms with Gasteiger partial charge in [-0.2, -0.15) is 0 Å². The van der Waals surface area contributed by atoms with Crippen LogP contribution in [-0.4, -0.2) is 25.8 Å². The van der Waals surface area contributed by atoms with Gasteiger partial charge >= 0.3 is 5.97 Å². The Morgan fingerprint density at radius 3 is 2.46 bits per heavy atom. The van der Waals surface area contributed by atoms with Crippen LogP contribution in [0.15, 0.2) is 54.6 Å². The number of unbranched alkanes of at least 4 members (excludes halogenated alkanes) is 1. The van der Waals surface area contributed by atoms with Gasteiger partial charge in [-0.25, -0.2) is 4.79 Å². The fourth-order valence-corrected chi connectivity index (χ4v) is 2.99. The highest BCUT2D eigenvalue weighted by Gasteiger charge is 2.41. The molecule has 3 atom stereocenters. The van der Waals surface area contributed by atoms with Crippen LogP contribution in [0, 0.1) is 0 Å². The Kier molecular flexibility index (Phi) is 6.26. The second-order valence-corrected chi connectivity index (χ2v) is 6.29. The summed E-state index contributed by atoms with van der Waals surface area (Å²) in [4.78, 5) is 12.6. The van der Waals surface area contributed by atoms with Gasteiger partial charge in [0.15, 0.2) is 6.10 Å². The zero-order chi connectivity index (χ0) is 18.4. The molecule has 2 aromatic rings. The van der Waals surface area contributed by atoms with Crippen LogP contribution in [0.2, 0.25) is 0 Å². The van der Waals surface area contributed by atoms with Crippen LogP contribution >= 0.6 is 0 Å². The van der Waals surface area contributed by atoms with Crippen molar-refractivity contribution in [3.63, 3.8) is 0 Å². The van der Waals surface area contributed by atoms with Crippen molar-refractivity contribution in [1.29, 1.82) is 0 Å². The molecule has 0 amide bonds. The zero-order valence-corrected chi connectivity index (χ0v) is 15.2. The van der Waals surface area contributed by atoms with E-state index in [0.29, 0.717) is 6.61 Å². The van der Waals surface area contributed by atoms with Crippen molar-refractivity contribution in [2.24, 2.45) is 0 Å². The third kappa shape index (κ3) is 4.23. The number of ether oxygens (including phenoxy) is 3. The molecule has 1 aliphatic heterocycles. The Labute approximate surface area is 154 Å². The molecule has 5 nitrogen and oxygen atoms in total. The van der Waals surface area contributed by atoms with Gasteiger partial charge in [-0.1, -0.05) is 55.8 Å². The SMILES string of the molecule is CCCCOC(=O)[C@@H]1OC(c2ccc(OC)cc2)N[C@H]1c1ccccc1. The minimum atomic E-state index is -0.679. The number of carbonyl (C=O) groups excluding carboxylic acids is 1. The zero-order valence-electron chi connectivity index (χ0n) is 15.2. The summed E-state index contributed by atoms with van der Waals surface area (Å²) < 4.78 is 16.7. The highest BCUT2D eigenvalue weighted by molar-refractivity contribution is 5.76. The maximum absolute atomic E-state index is 12.6. The van der Waals surface area contributed by atoms with Gasteiger partial charge in [0.05, 0.1) is 19.8 Å². The Hall–Kier alpha value is -2.37. The normalized spacial score (nSPS) is 22.2. The standard InChI is InChI=1S/C21H25NO4/c1-3-4-14-25-21(23)19-18(15-8-6-5-7-9-15)22-20(26-19)16-10-12-17(24-2)13-11-16/h5-13,18-20,22H,3-4,14H2,1-2H3/t18-,19+,20?/m0/s1. The quantitative estimate of drug-likeness (QED) is 0.605. The van der Waals surface area contributed by atoms with Gasteiger partial charge in [-0.3, -0.25) is 5.32 Å². The van der Waals surface area contributed by atoms with Crippen molar-refractivity contribution < 1.29 is 19.0 Å². The molecule has 2 aromatic carbocycles. The molecule has 1 unspecified atom stereocenters. The topological polar surface area (TPSA) is 56.8 Å². The van der Waals surface area contributed by atoms with Crippen LogP contribution in [0.3, 0.4) is 0 Å². The first-order valence-electron chi connectivity index (χ1n) is 9.00. The summed E-state index contributed by atoms with van der Waals surface area (Å²) in [7, 11) is 1.63. The van der Waals surface area contributed by atoms with Crippen LogP contribution in [-0.2, 0) is 14.3 Å². The number of carbonyl (C=O) groups is 1. The Morgan fingerprint density at radius 2 is 1.81 bits per heavy atom. The molecule has 0 bridgehead atoms. The van der Waals surface area contributed by atoms with Crippen molar-refractivity contribution in [3.05, 3.63) is 65.7 Å². The van der Waals surface area contributed by atoms with Gasteiger partial charge in [0.25, 0.3) is 0 Å². The molecule has 1 heterocycles. The summed E-state index contributed by atoms with van der Waals surface area (Å²) in [6.45, 7) is 2.48. The first-order chi connectivity index (χ1) is 12.7. The lowest BCUT2D eigenvalue weighted by molar-refractivity contribution is -0.157. The highest BCUT2D eigenvalue weighted by atomic mass is 16.6. The molecular weight excluding hydrogens is 330 g/mol. The molecule has 1 saturated heterocycles. The molecule has 26 heavy (non-hydrogen) atoms. The lowest BCUT2D eigenvalue weighted by atomic mass is 10.0. The van der Waals surface area contributed by atoms with Gasteiger partial charge in [0.2, 0.25) is 0 Å². The highest BCUT2D eigenvalue weighted by Crippen LogP contribution is 2.34. The fourth-order valence-electron chi connectivity index (χ4n) is 2.99. The number of methoxy groups -OCH3 is 1. The van der Waals surface area contributed by atoms with Crippen molar-refractivity contribution >= 4 is 5.97 Å². The van der Waals surface area contributed by atoms with E-state index < -0.39 is 6.10 Å². The van der Waals surface area contributed by atoms with Crippen LogP contribution in [0.5, 0.6) is 5.75 Å². The van der Waals surface area contributed by atoms with E-state index >= 15 is 0 Å². The second-order valence-electron chi connectivity index (χ2n) is 6.29. The molecule has 0 radical (unpaired) electrons. The summed E-state index contributed by atoms with van der Waals surface area (Å²) in [6.07, 6.45) is 0.772. The summed E-state index contributed by atoms with van der Waals surface area (Å²) in [5.74, 6) is 0.456. The molecule has 0 aromatic heterocycles. The minimum absolute atomic E-state index is 0.252. The van der Waals surface area contributed by atoms with E-state index in [-0.39, 0.29) is 18.2 Å². The second kappa shape index (κ2) is 8.83. The van der Waals surface area contributed by atoms with E-state index in [0.717, 1.165) is 29.7 Å². The Balaban J connectivity index is 1.79.